The summed E-state index contributed by atoms with van der Waals surface area (Å²) in [5.41, 5.74) is -2.08. The first kappa shape index (κ1) is 17.2. The summed E-state index contributed by atoms with van der Waals surface area (Å²) in [5, 5.41) is -0.733. The molecule has 0 aliphatic rings. The van der Waals surface area contributed by atoms with E-state index >= 15 is 0 Å². The highest BCUT2D eigenvalue weighted by Crippen LogP contribution is 2.36. The highest BCUT2D eigenvalue weighted by atomic mass is 35.5. The predicted octanol–water partition coefficient (Wildman–Crippen LogP) is 2.93. The quantitative estimate of drug-likeness (QED) is 0.486. The van der Waals surface area contributed by atoms with E-state index in [0.29, 0.717) is 6.07 Å². The van der Waals surface area contributed by atoms with Crippen molar-refractivity contribution in [2.75, 3.05) is 14.2 Å². The number of methoxy groups -OCH3 is 2. The Balaban J connectivity index is 3.47. The molecule has 0 unspecified atom stereocenters. The second kappa shape index (κ2) is 6.30. The Morgan fingerprint density at radius 3 is 1.95 bits per heavy atom. The molecule has 0 atom stereocenters. The largest absolute Gasteiger partial charge is 0.468 e. The Bertz CT molecular complexity index is 532. The Labute approximate surface area is 121 Å². The van der Waals surface area contributed by atoms with Crippen LogP contribution in [0.1, 0.15) is 17.0 Å². The maximum atomic E-state index is 13.9. The van der Waals surface area contributed by atoms with Crippen molar-refractivity contribution >= 4 is 23.5 Å². The maximum absolute atomic E-state index is 13.9. The van der Waals surface area contributed by atoms with Crippen LogP contribution in [0.4, 0.5) is 17.6 Å². The first-order valence-electron chi connectivity index (χ1n) is 5.35. The first-order chi connectivity index (χ1) is 9.63. The molecule has 0 N–H and O–H groups in total. The predicted molar refractivity (Wildman–Crippen MR) is 63.2 cm³/mol. The highest BCUT2D eigenvalue weighted by molar-refractivity contribution is 6.32. The van der Waals surface area contributed by atoms with Crippen molar-refractivity contribution in [3.8, 4) is 0 Å². The number of carbonyl (C=O) groups is 2. The van der Waals surface area contributed by atoms with Gasteiger partial charge in [-0.2, -0.15) is 13.2 Å². The molecule has 1 aromatic carbocycles. The normalized spacial score (nSPS) is 11.4. The zero-order valence-corrected chi connectivity index (χ0v) is 11.5. The Kier molecular flexibility index (Phi) is 5.16. The lowest BCUT2D eigenvalue weighted by atomic mass is 9.97. The van der Waals surface area contributed by atoms with Gasteiger partial charge in [0.1, 0.15) is 5.82 Å². The fourth-order valence-corrected chi connectivity index (χ4v) is 1.91. The van der Waals surface area contributed by atoms with Crippen LogP contribution in [0.15, 0.2) is 12.1 Å². The van der Waals surface area contributed by atoms with E-state index in [-0.39, 0.29) is 6.07 Å². The molecule has 1 aromatic rings. The van der Waals surface area contributed by atoms with Gasteiger partial charge in [-0.3, -0.25) is 9.59 Å². The topological polar surface area (TPSA) is 52.6 Å². The molecule has 0 heterocycles. The van der Waals surface area contributed by atoms with Crippen molar-refractivity contribution in [1.82, 2.24) is 0 Å². The van der Waals surface area contributed by atoms with Crippen molar-refractivity contribution in [1.29, 1.82) is 0 Å². The van der Waals surface area contributed by atoms with Gasteiger partial charge >= 0.3 is 18.1 Å². The van der Waals surface area contributed by atoms with Gasteiger partial charge in [-0.25, -0.2) is 4.39 Å². The number of benzene rings is 1. The number of ether oxygens (including phenoxy) is 2. The van der Waals surface area contributed by atoms with Gasteiger partial charge in [0.15, 0.2) is 5.92 Å². The minimum Gasteiger partial charge on any atom is -0.468 e. The third-order valence-corrected chi connectivity index (χ3v) is 2.88. The van der Waals surface area contributed by atoms with Crippen LogP contribution in [0.2, 0.25) is 5.02 Å². The Morgan fingerprint density at radius 2 is 1.62 bits per heavy atom. The molecule has 0 aromatic heterocycles. The van der Waals surface area contributed by atoms with E-state index in [1.54, 1.807) is 0 Å². The summed E-state index contributed by atoms with van der Waals surface area (Å²) >= 11 is 5.58. The van der Waals surface area contributed by atoms with Crippen LogP contribution < -0.4 is 0 Å². The van der Waals surface area contributed by atoms with E-state index in [9.17, 15) is 27.2 Å². The minimum absolute atomic E-state index is 0.139. The molecule has 116 valence electrons. The molecule has 21 heavy (non-hydrogen) atoms. The Hall–Kier alpha value is -1.83. The lowest BCUT2D eigenvalue weighted by Crippen LogP contribution is -2.26. The molecule has 0 aliphatic heterocycles. The van der Waals surface area contributed by atoms with Gasteiger partial charge in [0.25, 0.3) is 0 Å². The third kappa shape index (κ3) is 3.63. The van der Waals surface area contributed by atoms with Crippen molar-refractivity contribution in [3.63, 3.8) is 0 Å². The van der Waals surface area contributed by atoms with E-state index in [4.69, 9.17) is 11.6 Å². The van der Waals surface area contributed by atoms with Crippen LogP contribution >= 0.6 is 11.6 Å². The van der Waals surface area contributed by atoms with Crippen LogP contribution in [0.3, 0.4) is 0 Å². The third-order valence-electron chi connectivity index (χ3n) is 2.57. The fraction of sp³-hybridized carbons (Fsp3) is 0.333. The van der Waals surface area contributed by atoms with Crippen molar-refractivity contribution < 1.29 is 36.6 Å². The minimum atomic E-state index is -4.82. The number of hydrogen-bond donors (Lipinski definition) is 0. The lowest BCUT2D eigenvalue weighted by Gasteiger charge is -2.16. The van der Waals surface area contributed by atoms with Crippen LogP contribution in [0.5, 0.6) is 0 Å². The van der Waals surface area contributed by atoms with Crippen LogP contribution in [0, 0.1) is 5.82 Å². The smallest absolute Gasteiger partial charge is 0.416 e. The first-order valence-corrected chi connectivity index (χ1v) is 5.73. The molecule has 0 aliphatic carbocycles. The summed E-state index contributed by atoms with van der Waals surface area (Å²) < 4.78 is 60.1. The van der Waals surface area contributed by atoms with E-state index in [1.807, 2.05) is 0 Å². The molecule has 0 amide bonds. The van der Waals surface area contributed by atoms with Gasteiger partial charge in [0.05, 0.1) is 19.8 Å². The summed E-state index contributed by atoms with van der Waals surface area (Å²) in [5.74, 6) is -5.78. The van der Waals surface area contributed by atoms with Gasteiger partial charge in [0.2, 0.25) is 0 Å². The SMILES string of the molecule is COC(=O)C(C(=O)OC)c1c(F)cc(C(F)(F)F)cc1Cl. The molecule has 0 saturated heterocycles. The van der Waals surface area contributed by atoms with E-state index in [1.165, 1.54) is 0 Å². The molecule has 9 heteroatoms. The summed E-state index contributed by atoms with van der Waals surface area (Å²) in [6.45, 7) is 0. The molecule has 0 spiro atoms. The second-order valence-corrected chi connectivity index (χ2v) is 4.24. The van der Waals surface area contributed by atoms with Gasteiger partial charge in [-0.1, -0.05) is 11.6 Å². The molecule has 4 nitrogen and oxygen atoms in total. The summed E-state index contributed by atoms with van der Waals surface area (Å²) in [6, 6.07) is 0.555. The van der Waals surface area contributed by atoms with Crippen LogP contribution in [0.25, 0.3) is 0 Å². The molecule has 0 saturated carbocycles. The van der Waals surface area contributed by atoms with Gasteiger partial charge < -0.3 is 9.47 Å². The van der Waals surface area contributed by atoms with E-state index < -0.39 is 46.0 Å². The number of alkyl halides is 3. The fourth-order valence-electron chi connectivity index (χ4n) is 1.59. The zero-order chi connectivity index (χ0) is 16.4. The molecule has 0 fully saturated rings. The number of halogens is 5. The average molecular weight is 329 g/mol. The van der Waals surface area contributed by atoms with Crippen molar-refractivity contribution in [2.45, 2.75) is 12.1 Å². The molecule has 0 radical (unpaired) electrons. The summed E-state index contributed by atoms with van der Waals surface area (Å²) in [7, 11) is 1.85. The summed E-state index contributed by atoms with van der Waals surface area (Å²) in [6.07, 6.45) is -4.82. The lowest BCUT2D eigenvalue weighted by molar-refractivity contribution is -0.154. The molecule has 0 bridgehead atoms. The molecule has 1 rings (SSSR count). The van der Waals surface area contributed by atoms with E-state index in [2.05, 4.69) is 9.47 Å². The van der Waals surface area contributed by atoms with Gasteiger partial charge in [-0.15, -0.1) is 0 Å². The molecular weight excluding hydrogens is 320 g/mol. The van der Waals surface area contributed by atoms with Crippen LogP contribution in [-0.4, -0.2) is 26.2 Å². The maximum Gasteiger partial charge on any atom is 0.416 e. The number of hydrogen-bond acceptors (Lipinski definition) is 4. The van der Waals surface area contributed by atoms with Gasteiger partial charge in [-0.05, 0) is 12.1 Å². The van der Waals surface area contributed by atoms with Crippen LogP contribution in [-0.2, 0) is 25.2 Å². The van der Waals surface area contributed by atoms with E-state index in [0.717, 1.165) is 14.2 Å². The monoisotopic (exact) mass is 328 g/mol. The summed E-state index contributed by atoms with van der Waals surface area (Å²) in [4.78, 5) is 23.1. The Morgan fingerprint density at radius 1 is 1.14 bits per heavy atom. The van der Waals surface area contributed by atoms with Crippen molar-refractivity contribution in [2.24, 2.45) is 0 Å². The zero-order valence-electron chi connectivity index (χ0n) is 10.8. The number of carbonyl (C=O) groups excluding carboxylic acids is 2. The van der Waals surface area contributed by atoms with Gasteiger partial charge in [0, 0.05) is 10.6 Å². The highest BCUT2D eigenvalue weighted by Gasteiger charge is 2.38. The standard InChI is InChI=1S/C12H9ClF4O4/c1-20-10(18)9(11(19)21-2)8-6(13)3-5(4-7(8)14)12(15,16)17/h3-4,9H,1-2H3. The molecular formula is C12H9ClF4O4. The van der Waals surface area contributed by atoms with Crippen molar-refractivity contribution in [3.05, 3.63) is 34.1 Å². The number of esters is 2. The second-order valence-electron chi connectivity index (χ2n) is 3.83. The number of rotatable bonds is 3. The average Bonchev–Trinajstić information content (AvgIpc) is 2.39.